The van der Waals surface area contributed by atoms with Crippen molar-refractivity contribution in [3.63, 3.8) is 0 Å². The molecule has 2 heterocycles. The monoisotopic (exact) mass is 332 g/mol. The van der Waals surface area contributed by atoms with Crippen molar-refractivity contribution in [2.45, 2.75) is 51.2 Å². The van der Waals surface area contributed by atoms with Gasteiger partial charge in [0.1, 0.15) is 0 Å². The van der Waals surface area contributed by atoms with E-state index in [1.807, 2.05) is 0 Å². The van der Waals surface area contributed by atoms with E-state index in [1.165, 1.54) is 16.7 Å². The number of hydrogen-bond donors (Lipinski definition) is 2. The van der Waals surface area contributed by atoms with Gasteiger partial charge in [-0.25, -0.2) is 4.79 Å². The van der Waals surface area contributed by atoms with Crippen LogP contribution in [-0.4, -0.2) is 44.0 Å². The van der Waals surface area contributed by atoms with E-state index in [4.69, 9.17) is 9.47 Å². The van der Waals surface area contributed by atoms with Gasteiger partial charge in [-0.05, 0) is 49.8 Å². The molecule has 2 saturated heterocycles. The number of carbonyl (C=O) groups is 1. The number of benzene rings is 1. The van der Waals surface area contributed by atoms with E-state index >= 15 is 0 Å². The van der Waals surface area contributed by atoms with Crippen LogP contribution in [-0.2, 0) is 15.9 Å². The molecule has 0 saturated carbocycles. The van der Waals surface area contributed by atoms with Crippen LogP contribution in [0.25, 0.3) is 0 Å². The van der Waals surface area contributed by atoms with Crippen LogP contribution in [0.1, 0.15) is 36.0 Å². The summed E-state index contributed by atoms with van der Waals surface area (Å²) in [5.41, 5.74) is 3.72. The lowest BCUT2D eigenvalue weighted by Crippen LogP contribution is -2.51. The second-order valence-corrected chi connectivity index (χ2v) is 7.04. The van der Waals surface area contributed by atoms with Crippen LogP contribution in [0.2, 0.25) is 0 Å². The van der Waals surface area contributed by atoms with Crippen LogP contribution in [0, 0.1) is 13.8 Å². The lowest BCUT2D eigenvalue weighted by molar-refractivity contribution is -0.0878. The van der Waals surface area contributed by atoms with Gasteiger partial charge >= 0.3 is 6.03 Å². The summed E-state index contributed by atoms with van der Waals surface area (Å²) in [5, 5.41) is 6.09. The van der Waals surface area contributed by atoms with Crippen molar-refractivity contribution in [2.75, 3.05) is 26.4 Å². The Bertz CT molecular complexity index is 562. The van der Waals surface area contributed by atoms with Gasteiger partial charge in [0, 0.05) is 32.2 Å². The van der Waals surface area contributed by atoms with Crippen LogP contribution in [0.5, 0.6) is 0 Å². The Balaban J connectivity index is 1.44. The van der Waals surface area contributed by atoms with Gasteiger partial charge in [-0.3, -0.25) is 0 Å². The molecule has 0 unspecified atom stereocenters. The van der Waals surface area contributed by atoms with E-state index in [0.717, 1.165) is 32.3 Å². The number of aryl methyl sites for hydroxylation is 2. The van der Waals surface area contributed by atoms with E-state index in [1.54, 1.807) is 0 Å². The normalized spacial score (nSPS) is 26.5. The van der Waals surface area contributed by atoms with Crippen LogP contribution in [0.15, 0.2) is 18.2 Å². The fraction of sp³-hybridized carbons (Fsp3) is 0.632. The van der Waals surface area contributed by atoms with Crippen LogP contribution in [0.4, 0.5) is 4.79 Å². The number of carbonyl (C=O) groups excluding carboxylic acids is 1. The number of nitrogens with one attached hydrogen (secondary N) is 2. The molecule has 2 amide bonds. The van der Waals surface area contributed by atoms with E-state index < -0.39 is 0 Å². The van der Waals surface area contributed by atoms with Gasteiger partial charge in [0.15, 0.2) is 0 Å². The topological polar surface area (TPSA) is 59.6 Å². The molecule has 0 bridgehead atoms. The molecule has 0 radical (unpaired) electrons. The molecule has 2 aliphatic heterocycles. The van der Waals surface area contributed by atoms with Gasteiger partial charge in [0.25, 0.3) is 0 Å². The molecule has 2 aliphatic rings. The van der Waals surface area contributed by atoms with Crippen molar-refractivity contribution in [2.24, 2.45) is 0 Å². The van der Waals surface area contributed by atoms with Gasteiger partial charge in [0.2, 0.25) is 0 Å². The standard InChI is InChI=1S/C19H28N2O3/c1-14-4-3-5-15(2)17(14)6-9-20-18(22)21-16-7-10-24-19(12-16)8-11-23-13-19/h3-5,16H,6-13H2,1-2H3,(H2,20,21,22)/t16-,19-/m0/s1. The minimum Gasteiger partial charge on any atom is -0.378 e. The first-order chi connectivity index (χ1) is 11.6. The molecule has 5 heteroatoms. The minimum absolute atomic E-state index is 0.0813. The summed E-state index contributed by atoms with van der Waals surface area (Å²) in [6, 6.07) is 6.39. The van der Waals surface area contributed by atoms with Crippen molar-refractivity contribution in [3.05, 3.63) is 34.9 Å². The first-order valence-electron chi connectivity index (χ1n) is 8.89. The van der Waals surface area contributed by atoms with Crippen molar-refractivity contribution >= 4 is 6.03 Å². The summed E-state index contributed by atoms with van der Waals surface area (Å²) in [6.45, 7) is 6.99. The Morgan fingerprint density at radius 2 is 2.08 bits per heavy atom. The van der Waals surface area contributed by atoms with Crippen LogP contribution < -0.4 is 10.6 Å². The quantitative estimate of drug-likeness (QED) is 0.890. The molecule has 0 aliphatic carbocycles. The van der Waals surface area contributed by atoms with Crippen molar-refractivity contribution in [3.8, 4) is 0 Å². The number of urea groups is 1. The van der Waals surface area contributed by atoms with E-state index in [2.05, 4.69) is 42.7 Å². The Morgan fingerprint density at radius 1 is 1.29 bits per heavy atom. The SMILES string of the molecule is Cc1cccc(C)c1CCNC(=O)N[C@H]1CCO[C@@]2(CCOC2)C1. The minimum atomic E-state index is -0.172. The lowest BCUT2D eigenvalue weighted by atomic mass is 9.90. The largest absolute Gasteiger partial charge is 0.378 e. The Hall–Kier alpha value is -1.59. The Kier molecular flexibility index (Phi) is 5.41. The first kappa shape index (κ1) is 17.2. The number of hydrogen-bond acceptors (Lipinski definition) is 3. The average Bonchev–Trinajstić information content (AvgIpc) is 2.98. The van der Waals surface area contributed by atoms with Gasteiger partial charge in [-0.15, -0.1) is 0 Å². The highest BCUT2D eigenvalue weighted by Gasteiger charge is 2.41. The third-order valence-electron chi connectivity index (χ3n) is 5.20. The Morgan fingerprint density at radius 3 is 2.79 bits per heavy atom. The average molecular weight is 332 g/mol. The molecule has 24 heavy (non-hydrogen) atoms. The van der Waals surface area contributed by atoms with E-state index in [0.29, 0.717) is 19.8 Å². The summed E-state index contributed by atoms with van der Waals surface area (Å²) in [6.07, 6.45) is 3.50. The van der Waals surface area contributed by atoms with Crippen molar-refractivity contribution < 1.29 is 14.3 Å². The molecular formula is C19H28N2O3. The molecule has 1 aromatic carbocycles. The molecular weight excluding hydrogens is 304 g/mol. The third kappa shape index (κ3) is 4.08. The molecule has 1 spiro atoms. The molecule has 1 aromatic rings. The van der Waals surface area contributed by atoms with Crippen LogP contribution >= 0.6 is 0 Å². The predicted molar refractivity (Wildman–Crippen MR) is 93.3 cm³/mol. The zero-order valence-electron chi connectivity index (χ0n) is 14.7. The van der Waals surface area contributed by atoms with Crippen LogP contribution in [0.3, 0.4) is 0 Å². The molecule has 132 valence electrons. The summed E-state index contributed by atoms with van der Waals surface area (Å²) in [5.74, 6) is 0. The smallest absolute Gasteiger partial charge is 0.315 e. The maximum absolute atomic E-state index is 12.2. The molecule has 5 nitrogen and oxygen atoms in total. The molecule has 3 rings (SSSR count). The van der Waals surface area contributed by atoms with Gasteiger partial charge in [0.05, 0.1) is 12.2 Å². The molecule has 2 atom stereocenters. The maximum atomic E-state index is 12.2. The third-order valence-corrected chi connectivity index (χ3v) is 5.20. The maximum Gasteiger partial charge on any atom is 0.315 e. The number of ether oxygens (including phenoxy) is 2. The summed E-state index contributed by atoms with van der Waals surface area (Å²) in [4.78, 5) is 12.2. The summed E-state index contributed by atoms with van der Waals surface area (Å²) >= 11 is 0. The van der Waals surface area contributed by atoms with E-state index in [9.17, 15) is 4.79 Å². The van der Waals surface area contributed by atoms with Gasteiger partial charge in [-0.1, -0.05) is 18.2 Å². The highest BCUT2D eigenvalue weighted by Crippen LogP contribution is 2.32. The molecule has 2 N–H and O–H groups in total. The van der Waals surface area contributed by atoms with Crippen molar-refractivity contribution in [1.82, 2.24) is 10.6 Å². The summed E-state index contributed by atoms with van der Waals surface area (Å²) < 4.78 is 11.4. The zero-order valence-corrected chi connectivity index (χ0v) is 14.7. The first-order valence-corrected chi connectivity index (χ1v) is 8.89. The predicted octanol–water partition coefficient (Wildman–Crippen LogP) is 2.48. The van der Waals surface area contributed by atoms with Gasteiger partial charge in [-0.2, -0.15) is 0 Å². The fourth-order valence-electron chi connectivity index (χ4n) is 3.80. The lowest BCUT2D eigenvalue weighted by Gasteiger charge is -2.37. The fourth-order valence-corrected chi connectivity index (χ4v) is 3.80. The number of rotatable bonds is 4. The summed E-state index contributed by atoms with van der Waals surface area (Å²) in [7, 11) is 0. The van der Waals surface area contributed by atoms with Crippen molar-refractivity contribution in [1.29, 1.82) is 0 Å². The molecule has 0 aromatic heterocycles. The second kappa shape index (κ2) is 7.53. The highest BCUT2D eigenvalue weighted by molar-refractivity contribution is 5.74. The van der Waals surface area contributed by atoms with E-state index in [-0.39, 0.29) is 17.7 Å². The number of amides is 2. The highest BCUT2D eigenvalue weighted by atomic mass is 16.6. The zero-order chi connectivity index (χ0) is 17.0. The van der Waals surface area contributed by atoms with Gasteiger partial charge < -0.3 is 20.1 Å². The Labute approximate surface area is 144 Å². The molecule has 2 fully saturated rings. The second-order valence-electron chi connectivity index (χ2n) is 7.04.